The molecule has 1 aliphatic heterocycles. The quantitative estimate of drug-likeness (QED) is 0.547. The predicted molar refractivity (Wildman–Crippen MR) is 107 cm³/mol. The second-order valence-electron chi connectivity index (χ2n) is 7.74. The van der Waals surface area contributed by atoms with Crippen LogP contribution in [0.2, 0.25) is 0 Å². The highest BCUT2D eigenvalue weighted by Crippen LogP contribution is 2.29. The van der Waals surface area contributed by atoms with Crippen LogP contribution in [0.15, 0.2) is 12.1 Å². The normalized spacial score (nSPS) is 20.8. The molecule has 0 unspecified atom stereocenters. The number of piperazine rings is 1. The first-order chi connectivity index (χ1) is 13.0. The van der Waals surface area contributed by atoms with Crippen LogP contribution < -0.4 is 24.6 Å². The lowest BCUT2D eigenvalue weighted by molar-refractivity contribution is -1.02. The second kappa shape index (κ2) is 10.5. The van der Waals surface area contributed by atoms with Crippen LogP contribution in [0.4, 0.5) is 0 Å². The summed E-state index contributed by atoms with van der Waals surface area (Å²) in [4.78, 5) is 15.1. The van der Waals surface area contributed by atoms with Crippen LogP contribution >= 0.6 is 0 Å². The van der Waals surface area contributed by atoms with Gasteiger partial charge in [-0.05, 0) is 38.0 Å². The van der Waals surface area contributed by atoms with Crippen LogP contribution in [0.3, 0.4) is 0 Å². The zero-order valence-electron chi connectivity index (χ0n) is 17.6. The second-order valence-corrected chi connectivity index (χ2v) is 7.74. The first-order valence-corrected chi connectivity index (χ1v) is 10.1. The third-order valence-corrected chi connectivity index (χ3v) is 5.49. The van der Waals surface area contributed by atoms with Crippen molar-refractivity contribution in [3.63, 3.8) is 0 Å². The third-order valence-electron chi connectivity index (χ3n) is 5.49. The van der Waals surface area contributed by atoms with E-state index < -0.39 is 0 Å². The third kappa shape index (κ3) is 6.40. The summed E-state index contributed by atoms with van der Waals surface area (Å²) in [5.41, 5.74) is 2.54. The molecule has 0 bridgehead atoms. The number of aryl methyl sites for hydroxylation is 1. The Balaban J connectivity index is 1.83. The maximum Gasteiger partial charge on any atom is 0.275 e. The molecule has 6 nitrogen and oxygen atoms in total. The van der Waals surface area contributed by atoms with Crippen LogP contribution in [0.1, 0.15) is 37.8 Å². The fourth-order valence-electron chi connectivity index (χ4n) is 3.85. The van der Waals surface area contributed by atoms with Crippen molar-refractivity contribution in [3.05, 3.63) is 23.3 Å². The standard InChI is InChI=1S/C21H35N3O3/c1-6-7-17(3)22-21(25)15-24-10-8-23(9-11-24)14-18-13-20(27-5)19(26-4)12-16(18)2/h12-13,17H,6-11,14-15H2,1-5H3,(H,22,25)/p+2/t17-/m1/s1. The number of hydrogen-bond acceptors (Lipinski definition) is 3. The zero-order chi connectivity index (χ0) is 19.8. The fraction of sp³-hybridized carbons (Fsp3) is 0.667. The summed E-state index contributed by atoms with van der Waals surface area (Å²) in [6.45, 7) is 12.2. The SMILES string of the molecule is CCC[C@@H](C)NC(=O)C[NH+]1CC[NH+](Cc2cc(OC)c(OC)cc2C)CC1. The van der Waals surface area contributed by atoms with Gasteiger partial charge in [-0.3, -0.25) is 4.79 Å². The molecule has 152 valence electrons. The van der Waals surface area contributed by atoms with Crippen LogP contribution in [0, 0.1) is 6.92 Å². The van der Waals surface area contributed by atoms with Crippen molar-refractivity contribution in [1.82, 2.24) is 5.32 Å². The van der Waals surface area contributed by atoms with Crippen molar-refractivity contribution in [1.29, 1.82) is 0 Å². The Kier molecular flexibility index (Phi) is 8.38. The predicted octanol–water partition coefficient (Wildman–Crippen LogP) is -0.400. The topological polar surface area (TPSA) is 56.4 Å². The van der Waals surface area contributed by atoms with Crippen LogP contribution in [-0.4, -0.2) is 58.9 Å². The summed E-state index contributed by atoms with van der Waals surface area (Å²) in [5.74, 6) is 1.76. The molecule has 0 saturated carbocycles. The minimum absolute atomic E-state index is 0.185. The Morgan fingerprint density at radius 2 is 1.70 bits per heavy atom. The van der Waals surface area contributed by atoms with Crippen molar-refractivity contribution in [3.8, 4) is 11.5 Å². The number of hydrogen-bond donors (Lipinski definition) is 3. The molecule has 3 N–H and O–H groups in total. The van der Waals surface area contributed by atoms with Gasteiger partial charge in [0.25, 0.3) is 5.91 Å². The molecule has 1 fully saturated rings. The van der Waals surface area contributed by atoms with Gasteiger partial charge in [0, 0.05) is 11.6 Å². The molecule has 1 saturated heterocycles. The minimum Gasteiger partial charge on any atom is -0.493 e. The van der Waals surface area contributed by atoms with Gasteiger partial charge in [-0.1, -0.05) is 13.3 Å². The highest BCUT2D eigenvalue weighted by atomic mass is 16.5. The van der Waals surface area contributed by atoms with Crippen molar-refractivity contribution >= 4 is 5.91 Å². The van der Waals surface area contributed by atoms with E-state index in [9.17, 15) is 4.79 Å². The summed E-state index contributed by atoms with van der Waals surface area (Å²) in [6, 6.07) is 4.43. The van der Waals surface area contributed by atoms with E-state index in [1.165, 1.54) is 16.0 Å². The number of quaternary nitrogens is 2. The zero-order valence-corrected chi connectivity index (χ0v) is 17.6. The lowest BCUT2D eigenvalue weighted by Crippen LogP contribution is -3.28. The largest absolute Gasteiger partial charge is 0.493 e. The van der Waals surface area contributed by atoms with Crippen LogP contribution in [0.25, 0.3) is 0 Å². The van der Waals surface area contributed by atoms with E-state index in [2.05, 4.69) is 38.2 Å². The van der Waals surface area contributed by atoms with Gasteiger partial charge in [-0.2, -0.15) is 0 Å². The Labute approximate surface area is 163 Å². The van der Waals surface area contributed by atoms with Gasteiger partial charge in [0.05, 0.1) is 14.2 Å². The summed E-state index contributed by atoms with van der Waals surface area (Å²) in [6.07, 6.45) is 2.15. The summed E-state index contributed by atoms with van der Waals surface area (Å²) in [5, 5.41) is 3.12. The monoisotopic (exact) mass is 379 g/mol. The molecule has 27 heavy (non-hydrogen) atoms. The first-order valence-electron chi connectivity index (χ1n) is 10.1. The lowest BCUT2D eigenvalue weighted by Gasteiger charge is -2.30. The lowest BCUT2D eigenvalue weighted by atomic mass is 10.1. The summed E-state index contributed by atoms with van der Waals surface area (Å²) >= 11 is 0. The number of rotatable bonds is 9. The van der Waals surface area contributed by atoms with Crippen LogP contribution in [-0.2, 0) is 11.3 Å². The molecule has 1 aromatic rings. The maximum absolute atomic E-state index is 12.2. The first kappa shape index (κ1) is 21.5. The van der Waals surface area contributed by atoms with E-state index in [1.807, 2.05) is 0 Å². The number of amides is 1. The number of benzene rings is 1. The molecule has 0 aromatic heterocycles. The molecule has 1 atom stereocenters. The van der Waals surface area contributed by atoms with Gasteiger partial charge in [0.2, 0.25) is 0 Å². The Bertz CT molecular complexity index is 613. The summed E-state index contributed by atoms with van der Waals surface area (Å²) < 4.78 is 10.8. The molecule has 6 heteroatoms. The van der Waals surface area contributed by atoms with Gasteiger partial charge in [-0.25, -0.2) is 0 Å². The molecule has 0 spiro atoms. The highest BCUT2D eigenvalue weighted by Gasteiger charge is 2.26. The number of carbonyl (C=O) groups is 1. The maximum atomic E-state index is 12.2. The van der Waals surface area contributed by atoms with E-state index in [0.29, 0.717) is 6.54 Å². The van der Waals surface area contributed by atoms with Crippen molar-refractivity contribution in [2.45, 2.75) is 46.2 Å². The molecule has 1 aliphatic rings. The van der Waals surface area contributed by atoms with Gasteiger partial charge < -0.3 is 24.6 Å². The van der Waals surface area contributed by atoms with Gasteiger partial charge >= 0.3 is 0 Å². The van der Waals surface area contributed by atoms with Crippen LogP contribution in [0.5, 0.6) is 11.5 Å². The Hall–Kier alpha value is -1.79. The molecule has 0 radical (unpaired) electrons. The van der Waals surface area contributed by atoms with E-state index in [-0.39, 0.29) is 11.9 Å². The number of nitrogens with one attached hydrogen (secondary N) is 3. The van der Waals surface area contributed by atoms with Crippen molar-refractivity contribution < 1.29 is 24.1 Å². The van der Waals surface area contributed by atoms with Gasteiger partial charge in [-0.15, -0.1) is 0 Å². The van der Waals surface area contributed by atoms with Gasteiger partial charge in [0.1, 0.15) is 32.7 Å². The summed E-state index contributed by atoms with van der Waals surface area (Å²) in [7, 11) is 3.35. The van der Waals surface area contributed by atoms with Crippen molar-refractivity contribution in [2.75, 3.05) is 46.9 Å². The Morgan fingerprint density at radius 1 is 1.11 bits per heavy atom. The average molecular weight is 380 g/mol. The van der Waals surface area contributed by atoms with E-state index in [4.69, 9.17) is 9.47 Å². The Morgan fingerprint density at radius 3 is 2.30 bits per heavy atom. The van der Waals surface area contributed by atoms with Gasteiger partial charge in [0.15, 0.2) is 18.0 Å². The molecule has 1 heterocycles. The molecule has 2 rings (SSSR count). The molecule has 1 aromatic carbocycles. The average Bonchev–Trinajstić information content (AvgIpc) is 2.64. The minimum atomic E-state index is 0.185. The molecular weight excluding hydrogens is 342 g/mol. The number of methoxy groups -OCH3 is 2. The van der Waals surface area contributed by atoms with E-state index >= 15 is 0 Å². The van der Waals surface area contributed by atoms with E-state index in [0.717, 1.165) is 57.1 Å². The smallest absolute Gasteiger partial charge is 0.275 e. The van der Waals surface area contributed by atoms with Crippen molar-refractivity contribution in [2.24, 2.45) is 0 Å². The van der Waals surface area contributed by atoms with E-state index in [1.54, 1.807) is 19.1 Å². The molecular formula is C21H37N3O3+2. The fourth-order valence-corrected chi connectivity index (χ4v) is 3.85. The number of ether oxygens (including phenoxy) is 2. The molecule has 0 aliphatic carbocycles. The highest BCUT2D eigenvalue weighted by molar-refractivity contribution is 5.77. The molecule has 1 amide bonds. The number of carbonyl (C=O) groups excluding carboxylic acids is 1.